The van der Waals surface area contributed by atoms with E-state index in [-0.39, 0.29) is 12.7 Å². The van der Waals surface area contributed by atoms with Crippen molar-refractivity contribution in [2.45, 2.75) is 26.4 Å². The minimum atomic E-state index is -0.0568. The standard InChI is InChI=1S/C9H9BrO2.C2H6/c10-8-3-1-2-6-4-7(5-11)12-9(6)8;1-2/h1-3,7,11H,4-5H2;1-2H3. The lowest BCUT2D eigenvalue weighted by atomic mass is 10.1. The summed E-state index contributed by atoms with van der Waals surface area (Å²) in [6.45, 7) is 4.08. The molecule has 1 aliphatic heterocycles. The summed E-state index contributed by atoms with van der Waals surface area (Å²) in [5.74, 6) is 0.886. The van der Waals surface area contributed by atoms with Gasteiger partial charge in [-0.1, -0.05) is 26.0 Å². The number of halogens is 1. The van der Waals surface area contributed by atoms with E-state index < -0.39 is 0 Å². The van der Waals surface area contributed by atoms with Crippen molar-refractivity contribution in [2.75, 3.05) is 6.61 Å². The maximum atomic E-state index is 8.89. The molecular formula is C11H15BrO2. The molecule has 1 aliphatic rings. The number of aliphatic hydroxyl groups excluding tert-OH is 1. The van der Waals surface area contributed by atoms with E-state index in [1.165, 1.54) is 5.56 Å². The quantitative estimate of drug-likeness (QED) is 0.840. The fourth-order valence-corrected chi connectivity index (χ4v) is 1.90. The first-order valence-electron chi connectivity index (χ1n) is 4.86. The summed E-state index contributed by atoms with van der Waals surface area (Å²) in [5, 5.41) is 8.89. The highest BCUT2D eigenvalue weighted by molar-refractivity contribution is 9.10. The molecule has 0 amide bonds. The Hall–Kier alpha value is -0.540. The molecule has 3 heteroatoms. The van der Waals surface area contributed by atoms with Crippen molar-refractivity contribution >= 4 is 15.9 Å². The van der Waals surface area contributed by atoms with Crippen LogP contribution in [0.15, 0.2) is 22.7 Å². The topological polar surface area (TPSA) is 29.5 Å². The molecule has 1 aromatic rings. The van der Waals surface area contributed by atoms with E-state index in [1.807, 2.05) is 32.0 Å². The van der Waals surface area contributed by atoms with Gasteiger partial charge in [0, 0.05) is 6.42 Å². The SMILES string of the molecule is CC.OCC1Cc2cccc(Br)c2O1. The average Bonchev–Trinajstić information content (AvgIpc) is 2.65. The predicted octanol–water partition coefficient (Wildman–Crippen LogP) is 2.77. The van der Waals surface area contributed by atoms with Gasteiger partial charge < -0.3 is 9.84 Å². The van der Waals surface area contributed by atoms with E-state index in [0.717, 1.165) is 16.6 Å². The number of rotatable bonds is 1. The zero-order chi connectivity index (χ0) is 10.6. The van der Waals surface area contributed by atoms with Crippen LogP contribution in [0.5, 0.6) is 5.75 Å². The summed E-state index contributed by atoms with van der Waals surface area (Å²) in [6.07, 6.45) is 0.754. The van der Waals surface area contributed by atoms with Gasteiger partial charge in [0.1, 0.15) is 11.9 Å². The minimum Gasteiger partial charge on any atom is -0.486 e. The third kappa shape index (κ3) is 2.28. The smallest absolute Gasteiger partial charge is 0.137 e. The van der Waals surface area contributed by atoms with Crippen LogP contribution in [-0.4, -0.2) is 17.8 Å². The Morgan fingerprint density at radius 1 is 1.50 bits per heavy atom. The van der Waals surface area contributed by atoms with Gasteiger partial charge in [-0.3, -0.25) is 0 Å². The molecule has 0 spiro atoms. The fraction of sp³-hybridized carbons (Fsp3) is 0.455. The van der Waals surface area contributed by atoms with Crippen molar-refractivity contribution in [1.82, 2.24) is 0 Å². The van der Waals surface area contributed by atoms with Gasteiger partial charge in [-0.05, 0) is 27.6 Å². The predicted molar refractivity (Wildman–Crippen MR) is 60.7 cm³/mol. The van der Waals surface area contributed by atoms with Crippen LogP contribution in [0, 0.1) is 0 Å². The molecule has 0 saturated carbocycles. The molecule has 1 N–H and O–H groups in total. The van der Waals surface area contributed by atoms with Gasteiger partial charge >= 0.3 is 0 Å². The molecule has 0 saturated heterocycles. The summed E-state index contributed by atoms with van der Waals surface area (Å²) >= 11 is 3.40. The van der Waals surface area contributed by atoms with Crippen LogP contribution in [0.2, 0.25) is 0 Å². The molecule has 0 radical (unpaired) electrons. The molecule has 1 aromatic carbocycles. The molecule has 1 atom stereocenters. The van der Waals surface area contributed by atoms with Gasteiger partial charge in [-0.2, -0.15) is 0 Å². The highest BCUT2D eigenvalue weighted by Crippen LogP contribution is 2.35. The normalized spacial score (nSPS) is 17.9. The lowest BCUT2D eigenvalue weighted by Crippen LogP contribution is -2.17. The van der Waals surface area contributed by atoms with E-state index in [4.69, 9.17) is 9.84 Å². The number of ether oxygens (including phenoxy) is 1. The molecule has 2 rings (SSSR count). The maximum Gasteiger partial charge on any atom is 0.137 e. The Morgan fingerprint density at radius 2 is 2.21 bits per heavy atom. The zero-order valence-corrected chi connectivity index (χ0v) is 10.0. The lowest BCUT2D eigenvalue weighted by Gasteiger charge is -2.06. The van der Waals surface area contributed by atoms with Crippen molar-refractivity contribution < 1.29 is 9.84 Å². The molecule has 14 heavy (non-hydrogen) atoms. The zero-order valence-electron chi connectivity index (χ0n) is 8.46. The molecule has 78 valence electrons. The van der Waals surface area contributed by atoms with Crippen molar-refractivity contribution in [3.8, 4) is 5.75 Å². The Labute approximate surface area is 93.0 Å². The largest absolute Gasteiger partial charge is 0.486 e. The summed E-state index contributed by atoms with van der Waals surface area (Å²) in [4.78, 5) is 0. The number of hydrogen-bond acceptors (Lipinski definition) is 2. The Morgan fingerprint density at radius 3 is 2.79 bits per heavy atom. The first kappa shape index (κ1) is 11.5. The highest BCUT2D eigenvalue weighted by atomic mass is 79.9. The molecular weight excluding hydrogens is 244 g/mol. The summed E-state index contributed by atoms with van der Waals surface area (Å²) in [5.41, 5.74) is 1.17. The first-order chi connectivity index (χ1) is 6.81. The Bertz CT molecular complexity index is 299. The molecule has 1 unspecified atom stereocenters. The number of fused-ring (bicyclic) bond motifs is 1. The number of benzene rings is 1. The average molecular weight is 259 g/mol. The first-order valence-corrected chi connectivity index (χ1v) is 5.65. The molecule has 0 bridgehead atoms. The van der Waals surface area contributed by atoms with E-state index >= 15 is 0 Å². The molecule has 2 nitrogen and oxygen atoms in total. The van der Waals surface area contributed by atoms with E-state index in [1.54, 1.807) is 0 Å². The van der Waals surface area contributed by atoms with Crippen molar-refractivity contribution in [3.05, 3.63) is 28.2 Å². The number of para-hydroxylation sites is 1. The van der Waals surface area contributed by atoms with Gasteiger partial charge in [0.2, 0.25) is 0 Å². The minimum absolute atomic E-state index is 0.0568. The third-order valence-corrected chi connectivity index (χ3v) is 2.61. The van der Waals surface area contributed by atoms with Crippen LogP contribution in [0.4, 0.5) is 0 Å². The van der Waals surface area contributed by atoms with Gasteiger partial charge in [0.15, 0.2) is 0 Å². The second-order valence-electron chi connectivity index (χ2n) is 2.85. The summed E-state index contributed by atoms with van der Waals surface area (Å²) in [7, 11) is 0. The Balaban J connectivity index is 0.000000461. The fourth-order valence-electron chi connectivity index (χ4n) is 1.40. The number of aliphatic hydroxyl groups is 1. The second-order valence-corrected chi connectivity index (χ2v) is 3.71. The van der Waals surface area contributed by atoms with Crippen LogP contribution in [0.3, 0.4) is 0 Å². The van der Waals surface area contributed by atoms with Crippen molar-refractivity contribution in [1.29, 1.82) is 0 Å². The molecule has 0 aliphatic carbocycles. The second kappa shape index (κ2) is 5.37. The highest BCUT2D eigenvalue weighted by Gasteiger charge is 2.23. The van der Waals surface area contributed by atoms with E-state index in [0.29, 0.717) is 0 Å². The molecule has 1 heterocycles. The van der Waals surface area contributed by atoms with Gasteiger partial charge in [0.05, 0.1) is 11.1 Å². The number of hydrogen-bond donors (Lipinski definition) is 1. The van der Waals surface area contributed by atoms with Crippen LogP contribution in [0.1, 0.15) is 19.4 Å². The van der Waals surface area contributed by atoms with Crippen LogP contribution < -0.4 is 4.74 Å². The summed E-state index contributed by atoms with van der Waals surface area (Å²) in [6, 6.07) is 5.94. The molecule has 0 fully saturated rings. The van der Waals surface area contributed by atoms with E-state index in [2.05, 4.69) is 15.9 Å². The summed E-state index contributed by atoms with van der Waals surface area (Å²) < 4.78 is 6.46. The monoisotopic (exact) mass is 258 g/mol. The van der Waals surface area contributed by atoms with E-state index in [9.17, 15) is 0 Å². The van der Waals surface area contributed by atoms with Gasteiger partial charge in [-0.25, -0.2) is 0 Å². The Kier molecular flexibility index (Phi) is 4.42. The van der Waals surface area contributed by atoms with Crippen molar-refractivity contribution in [2.24, 2.45) is 0 Å². The third-order valence-electron chi connectivity index (χ3n) is 1.98. The van der Waals surface area contributed by atoms with Crippen LogP contribution >= 0.6 is 15.9 Å². The van der Waals surface area contributed by atoms with Gasteiger partial charge in [-0.15, -0.1) is 0 Å². The molecule has 0 aromatic heterocycles. The maximum absolute atomic E-state index is 8.89. The van der Waals surface area contributed by atoms with Crippen LogP contribution in [-0.2, 0) is 6.42 Å². The van der Waals surface area contributed by atoms with Crippen molar-refractivity contribution in [3.63, 3.8) is 0 Å². The van der Waals surface area contributed by atoms with Gasteiger partial charge in [0.25, 0.3) is 0 Å². The van der Waals surface area contributed by atoms with Crippen LogP contribution in [0.25, 0.3) is 0 Å². The lowest BCUT2D eigenvalue weighted by molar-refractivity contribution is 0.134.